The summed E-state index contributed by atoms with van der Waals surface area (Å²) >= 11 is 4.06. The van der Waals surface area contributed by atoms with Crippen LogP contribution >= 0.6 is 27.6 Å². The quantitative estimate of drug-likeness (QED) is 0.686. The summed E-state index contributed by atoms with van der Waals surface area (Å²) in [5, 5.41) is 3.70. The maximum absolute atomic E-state index is 12.7. The highest BCUT2D eigenvalue weighted by molar-refractivity contribution is 9.06. The molecule has 0 bridgehead atoms. The van der Waals surface area contributed by atoms with Crippen LogP contribution in [0.25, 0.3) is 0 Å². The molecule has 0 radical (unpaired) electrons. The Bertz CT molecular complexity index is 704. The number of hydrogen-bond donors (Lipinski definition) is 0. The molecule has 24 heavy (non-hydrogen) atoms. The highest BCUT2D eigenvalue weighted by Gasteiger charge is 2.42. The minimum atomic E-state index is -0.615. The SMILES string of the molecule is O=C(CCCN1C(=O)CCC(N2Cc3cscc3C2=O)C1=O)OBr. The summed E-state index contributed by atoms with van der Waals surface area (Å²) in [6.07, 6.45) is 0.995. The third-order valence-electron chi connectivity index (χ3n) is 4.28. The van der Waals surface area contributed by atoms with Crippen LogP contribution in [0.1, 0.15) is 41.6 Å². The van der Waals surface area contributed by atoms with Crippen molar-refractivity contribution in [3.8, 4) is 0 Å². The molecule has 3 amide bonds. The van der Waals surface area contributed by atoms with Crippen molar-refractivity contribution < 1.29 is 23.0 Å². The molecule has 2 aliphatic rings. The Morgan fingerprint density at radius 1 is 1.33 bits per heavy atom. The van der Waals surface area contributed by atoms with Crippen LogP contribution in [0.5, 0.6) is 0 Å². The van der Waals surface area contributed by atoms with Gasteiger partial charge < -0.3 is 8.73 Å². The van der Waals surface area contributed by atoms with E-state index in [4.69, 9.17) is 0 Å². The first-order valence-electron chi connectivity index (χ1n) is 7.54. The normalized spacial score (nSPS) is 20.5. The van der Waals surface area contributed by atoms with Crippen LogP contribution in [-0.2, 0) is 24.8 Å². The van der Waals surface area contributed by atoms with Crippen LogP contribution in [0.3, 0.4) is 0 Å². The van der Waals surface area contributed by atoms with Gasteiger partial charge in [0, 0.05) is 31.3 Å². The van der Waals surface area contributed by atoms with E-state index in [0.717, 1.165) is 10.5 Å². The van der Waals surface area contributed by atoms with Crippen LogP contribution in [-0.4, -0.2) is 46.1 Å². The topological polar surface area (TPSA) is 84.0 Å². The summed E-state index contributed by atoms with van der Waals surface area (Å²) in [6.45, 7) is 0.561. The number of rotatable bonds is 5. The summed E-state index contributed by atoms with van der Waals surface area (Å²) in [7, 11) is 0. The fraction of sp³-hybridized carbons (Fsp3) is 0.467. The number of nitrogens with zero attached hydrogens (tertiary/aromatic N) is 2. The Balaban J connectivity index is 1.67. The number of carbonyl (C=O) groups excluding carboxylic acids is 4. The zero-order valence-electron chi connectivity index (χ0n) is 12.7. The Kier molecular flexibility index (Phi) is 5.00. The Labute approximate surface area is 151 Å². The molecule has 128 valence electrons. The molecule has 0 N–H and O–H groups in total. The molecule has 9 heteroatoms. The van der Waals surface area contributed by atoms with Gasteiger partial charge in [0.15, 0.2) is 16.3 Å². The van der Waals surface area contributed by atoms with E-state index in [1.165, 1.54) is 11.3 Å². The van der Waals surface area contributed by atoms with Crippen molar-refractivity contribution in [2.75, 3.05) is 6.54 Å². The third kappa shape index (κ3) is 3.10. The van der Waals surface area contributed by atoms with Crippen molar-refractivity contribution in [2.45, 2.75) is 38.3 Å². The van der Waals surface area contributed by atoms with Crippen molar-refractivity contribution in [2.24, 2.45) is 0 Å². The van der Waals surface area contributed by atoms with Gasteiger partial charge in [-0.2, -0.15) is 11.3 Å². The predicted octanol–water partition coefficient (Wildman–Crippen LogP) is 1.85. The molecular formula is C15H15BrN2O5S. The minimum Gasteiger partial charge on any atom is -0.384 e. The van der Waals surface area contributed by atoms with E-state index >= 15 is 0 Å². The second-order valence-electron chi connectivity index (χ2n) is 5.73. The van der Waals surface area contributed by atoms with Gasteiger partial charge in [-0.1, -0.05) is 0 Å². The first-order valence-corrected chi connectivity index (χ1v) is 9.13. The first kappa shape index (κ1) is 17.1. The molecule has 1 atom stereocenters. The van der Waals surface area contributed by atoms with Crippen LogP contribution in [0.15, 0.2) is 10.8 Å². The highest BCUT2D eigenvalue weighted by Crippen LogP contribution is 2.31. The van der Waals surface area contributed by atoms with Crippen LogP contribution in [0.2, 0.25) is 0 Å². The number of fused-ring (bicyclic) bond motifs is 1. The lowest BCUT2D eigenvalue weighted by molar-refractivity contribution is -0.152. The van der Waals surface area contributed by atoms with Crippen molar-refractivity contribution in [3.63, 3.8) is 0 Å². The van der Waals surface area contributed by atoms with E-state index in [-0.39, 0.29) is 37.1 Å². The van der Waals surface area contributed by atoms with E-state index in [1.807, 2.05) is 5.38 Å². The average molecular weight is 415 g/mol. The molecule has 1 unspecified atom stereocenters. The maximum Gasteiger partial charge on any atom is 0.317 e. The van der Waals surface area contributed by atoms with Crippen molar-refractivity contribution in [3.05, 3.63) is 21.9 Å². The van der Waals surface area contributed by atoms with Gasteiger partial charge >= 0.3 is 5.97 Å². The summed E-state index contributed by atoms with van der Waals surface area (Å²) in [5.41, 5.74) is 1.58. The molecule has 0 spiro atoms. The number of thiophene rings is 1. The molecule has 2 aliphatic heterocycles. The molecule has 0 aromatic carbocycles. The lowest BCUT2D eigenvalue weighted by Crippen LogP contribution is -2.54. The molecule has 0 saturated carbocycles. The number of halogens is 1. The molecule has 1 aromatic rings. The average Bonchev–Trinajstić information content (AvgIpc) is 3.14. The Morgan fingerprint density at radius 3 is 2.83 bits per heavy atom. The van der Waals surface area contributed by atoms with Crippen LogP contribution in [0.4, 0.5) is 0 Å². The Hall–Kier alpha value is -1.74. The summed E-state index contributed by atoms with van der Waals surface area (Å²) < 4.78 is 4.37. The molecular weight excluding hydrogens is 400 g/mol. The van der Waals surface area contributed by atoms with E-state index in [1.54, 1.807) is 10.3 Å². The molecule has 7 nitrogen and oxygen atoms in total. The Morgan fingerprint density at radius 2 is 2.12 bits per heavy atom. The molecule has 1 saturated heterocycles. The highest BCUT2D eigenvalue weighted by atomic mass is 79.9. The van der Waals surface area contributed by atoms with Gasteiger partial charge in [0.05, 0.1) is 5.56 Å². The van der Waals surface area contributed by atoms with Gasteiger partial charge in [-0.3, -0.25) is 24.1 Å². The lowest BCUT2D eigenvalue weighted by Gasteiger charge is -2.35. The fourth-order valence-electron chi connectivity index (χ4n) is 3.06. The second kappa shape index (κ2) is 7.02. The molecule has 0 aliphatic carbocycles. The first-order chi connectivity index (χ1) is 11.5. The molecule has 3 rings (SSSR count). The van der Waals surface area contributed by atoms with E-state index in [9.17, 15) is 19.2 Å². The maximum atomic E-state index is 12.7. The van der Waals surface area contributed by atoms with Gasteiger partial charge in [-0.25, -0.2) is 0 Å². The zero-order chi connectivity index (χ0) is 17.3. The van der Waals surface area contributed by atoms with E-state index < -0.39 is 12.0 Å². The monoisotopic (exact) mass is 414 g/mol. The van der Waals surface area contributed by atoms with Crippen molar-refractivity contribution in [1.82, 2.24) is 9.80 Å². The predicted molar refractivity (Wildman–Crippen MR) is 88.2 cm³/mol. The van der Waals surface area contributed by atoms with Gasteiger partial charge in [0.1, 0.15) is 6.04 Å². The number of likely N-dealkylation sites (tertiary alicyclic amines) is 1. The van der Waals surface area contributed by atoms with Gasteiger partial charge in [-0.05, 0) is 23.8 Å². The zero-order valence-corrected chi connectivity index (χ0v) is 15.1. The third-order valence-corrected chi connectivity index (χ3v) is 5.44. The van der Waals surface area contributed by atoms with Crippen LogP contribution < -0.4 is 0 Å². The van der Waals surface area contributed by atoms with Crippen molar-refractivity contribution >= 4 is 51.3 Å². The van der Waals surface area contributed by atoms with Gasteiger partial charge in [0.25, 0.3) is 11.8 Å². The van der Waals surface area contributed by atoms with Gasteiger partial charge in [-0.15, -0.1) is 0 Å². The fourth-order valence-corrected chi connectivity index (χ4v) is 4.04. The molecule has 1 aromatic heterocycles. The minimum absolute atomic E-state index is 0.104. The van der Waals surface area contributed by atoms with Crippen molar-refractivity contribution in [1.29, 1.82) is 0 Å². The summed E-state index contributed by atoms with van der Waals surface area (Å²) in [4.78, 5) is 51.0. The smallest absolute Gasteiger partial charge is 0.317 e. The van der Waals surface area contributed by atoms with Gasteiger partial charge in [0.2, 0.25) is 5.91 Å². The number of imide groups is 1. The summed E-state index contributed by atoms with van der Waals surface area (Å²) in [6, 6.07) is -0.615. The van der Waals surface area contributed by atoms with E-state index in [2.05, 4.69) is 20.1 Å². The van der Waals surface area contributed by atoms with E-state index in [0.29, 0.717) is 24.9 Å². The largest absolute Gasteiger partial charge is 0.384 e. The summed E-state index contributed by atoms with van der Waals surface area (Å²) in [5.74, 6) is -1.23. The second-order valence-corrected chi connectivity index (χ2v) is 6.80. The number of hydrogen-bond acceptors (Lipinski definition) is 6. The molecule has 1 fully saturated rings. The number of amides is 3. The number of piperidine rings is 1. The van der Waals surface area contributed by atoms with Crippen LogP contribution in [0, 0.1) is 0 Å². The molecule has 3 heterocycles. The number of carbonyl (C=O) groups is 4. The standard InChI is InChI=1S/C15H15BrN2O5S/c16-23-13(20)2-1-5-17-12(19)4-3-11(15(17)22)18-6-9-7-24-8-10(9)14(18)21/h7-8,11H,1-6H2. The lowest BCUT2D eigenvalue weighted by atomic mass is 10.0.